The molecule has 30 heavy (non-hydrogen) atoms. The zero-order valence-corrected chi connectivity index (χ0v) is 17.1. The molecule has 1 aromatic heterocycles. The number of carboxylic acid groups (broad SMARTS) is 1. The minimum Gasteiger partial charge on any atom is -0.475 e. The molecule has 2 aliphatic rings. The first-order valence-corrected chi connectivity index (χ1v) is 9.54. The number of carboxylic acids is 1. The molecule has 0 aliphatic carbocycles. The van der Waals surface area contributed by atoms with Gasteiger partial charge in [0, 0.05) is 59.2 Å². The van der Waals surface area contributed by atoms with Gasteiger partial charge in [-0.2, -0.15) is 13.2 Å². The van der Waals surface area contributed by atoms with Crippen molar-refractivity contribution in [1.82, 2.24) is 19.7 Å². The summed E-state index contributed by atoms with van der Waals surface area (Å²) in [4.78, 5) is 31.2. The highest BCUT2D eigenvalue weighted by Gasteiger charge is 2.41. The summed E-state index contributed by atoms with van der Waals surface area (Å²) < 4.78 is 37.9. The second-order valence-electron chi connectivity index (χ2n) is 7.57. The van der Waals surface area contributed by atoms with Gasteiger partial charge >= 0.3 is 18.2 Å². The van der Waals surface area contributed by atoms with Crippen molar-refractivity contribution in [3.8, 4) is 0 Å². The Kier molecular flexibility index (Phi) is 8.02. The Morgan fingerprint density at radius 1 is 1.27 bits per heavy atom. The maximum Gasteiger partial charge on any atom is 0.490 e. The maximum atomic E-state index is 12.1. The van der Waals surface area contributed by atoms with E-state index in [1.807, 2.05) is 23.4 Å². The number of carbonyl (C=O) groups excluding carboxylic acids is 1. The van der Waals surface area contributed by atoms with Crippen LogP contribution < -0.4 is 0 Å². The molecule has 168 valence electrons. The van der Waals surface area contributed by atoms with Crippen LogP contribution in [0.3, 0.4) is 0 Å². The summed E-state index contributed by atoms with van der Waals surface area (Å²) in [5, 5.41) is 7.12. The van der Waals surface area contributed by atoms with Crippen molar-refractivity contribution in [2.75, 3.05) is 46.9 Å². The van der Waals surface area contributed by atoms with E-state index < -0.39 is 12.1 Å². The number of aliphatic carboxylic acids is 1. The lowest BCUT2D eigenvalue weighted by Gasteiger charge is -2.47. The number of urea groups is 1. The lowest BCUT2D eigenvalue weighted by Crippen LogP contribution is -2.58. The molecular formula is C19H27F3N4O4. The molecule has 0 saturated carbocycles. The Bertz CT molecular complexity index is 707. The van der Waals surface area contributed by atoms with E-state index in [-0.39, 0.29) is 11.6 Å². The Balaban J connectivity index is 0.000000396. The number of piperidine rings is 1. The van der Waals surface area contributed by atoms with Crippen LogP contribution >= 0.6 is 0 Å². The van der Waals surface area contributed by atoms with Gasteiger partial charge < -0.3 is 19.6 Å². The predicted molar refractivity (Wildman–Crippen MR) is 102 cm³/mol. The summed E-state index contributed by atoms with van der Waals surface area (Å²) in [5.41, 5.74) is 1.15. The van der Waals surface area contributed by atoms with Crippen LogP contribution in [0, 0.1) is 0 Å². The second-order valence-corrected chi connectivity index (χ2v) is 7.57. The first-order chi connectivity index (χ1) is 14.0. The van der Waals surface area contributed by atoms with Gasteiger partial charge in [-0.15, -0.1) is 0 Å². The van der Waals surface area contributed by atoms with E-state index in [2.05, 4.69) is 16.0 Å². The number of carbonyl (C=O) groups is 2. The number of ether oxygens (including phenoxy) is 1. The number of nitrogens with zero attached hydrogens (tertiary/aromatic N) is 4. The van der Waals surface area contributed by atoms with Crippen LogP contribution in [-0.2, 0) is 16.1 Å². The van der Waals surface area contributed by atoms with Crippen LogP contribution in [0.2, 0.25) is 0 Å². The molecule has 0 unspecified atom stereocenters. The van der Waals surface area contributed by atoms with Crippen LogP contribution in [0.5, 0.6) is 0 Å². The van der Waals surface area contributed by atoms with Gasteiger partial charge in [0.05, 0.1) is 12.2 Å². The third-order valence-corrected chi connectivity index (χ3v) is 5.03. The van der Waals surface area contributed by atoms with Crippen molar-refractivity contribution >= 4 is 12.0 Å². The molecule has 3 heterocycles. The Morgan fingerprint density at radius 2 is 1.90 bits per heavy atom. The topological polar surface area (TPSA) is 86.2 Å². The summed E-state index contributed by atoms with van der Waals surface area (Å²) in [6.45, 7) is 5.12. The fourth-order valence-electron chi connectivity index (χ4n) is 3.50. The molecule has 2 amide bonds. The number of rotatable bonds is 2. The summed E-state index contributed by atoms with van der Waals surface area (Å²) in [5.74, 6) is -2.76. The van der Waals surface area contributed by atoms with Crippen molar-refractivity contribution in [1.29, 1.82) is 0 Å². The minimum absolute atomic E-state index is 0.0937. The molecule has 0 radical (unpaired) electrons. The van der Waals surface area contributed by atoms with Crippen LogP contribution in [0.4, 0.5) is 18.0 Å². The molecule has 3 rings (SSSR count). The van der Waals surface area contributed by atoms with E-state index in [9.17, 15) is 18.0 Å². The van der Waals surface area contributed by atoms with Gasteiger partial charge in [-0.25, -0.2) is 9.59 Å². The van der Waals surface area contributed by atoms with Crippen molar-refractivity contribution < 1.29 is 32.6 Å². The Morgan fingerprint density at radius 3 is 2.40 bits per heavy atom. The van der Waals surface area contributed by atoms with E-state index in [1.54, 1.807) is 19.0 Å². The number of aromatic nitrogens is 1. The number of alkyl halides is 3. The molecule has 1 aromatic rings. The highest BCUT2D eigenvalue weighted by molar-refractivity contribution is 5.74. The Hall–Kier alpha value is -2.40. The van der Waals surface area contributed by atoms with Crippen molar-refractivity contribution in [2.45, 2.75) is 31.2 Å². The first-order valence-electron chi connectivity index (χ1n) is 9.54. The van der Waals surface area contributed by atoms with E-state index >= 15 is 0 Å². The maximum absolute atomic E-state index is 12.1. The molecule has 8 nitrogen and oxygen atoms in total. The molecule has 1 N–H and O–H groups in total. The van der Waals surface area contributed by atoms with E-state index in [4.69, 9.17) is 14.6 Å². The van der Waals surface area contributed by atoms with Crippen LogP contribution in [-0.4, -0.2) is 95.4 Å². The summed E-state index contributed by atoms with van der Waals surface area (Å²) >= 11 is 0. The summed E-state index contributed by atoms with van der Waals surface area (Å²) in [6.07, 6.45) is 0.481. The van der Waals surface area contributed by atoms with Gasteiger partial charge in [0.25, 0.3) is 0 Å². The Labute approximate surface area is 173 Å². The van der Waals surface area contributed by atoms with Gasteiger partial charge in [0.1, 0.15) is 0 Å². The average Bonchev–Trinajstić information content (AvgIpc) is 2.69. The number of pyridine rings is 1. The van der Waals surface area contributed by atoms with Crippen molar-refractivity contribution in [3.63, 3.8) is 0 Å². The van der Waals surface area contributed by atoms with Crippen LogP contribution in [0.15, 0.2) is 24.5 Å². The predicted octanol–water partition coefficient (Wildman–Crippen LogP) is 2.06. The number of halogens is 3. The quantitative estimate of drug-likeness (QED) is 0.770. The standard InChI is InChI=1S/C17H26N4O2.C2HF3O2/c1-19(2)16(22)21-8-5-17(6-9-21)14-20(10-11-23-17)13-15-4-3-7-18-12-15;3-2(4,5)1(6)7/h3-4,7,12H,5-6,8-11,13-14H2,1-2H3;(H,6,7). The monoisotopic (exact) mass is 432 g/mol. The van der Waals surface area contributed by atoms with Gasteiger partial charge in [-0.05, 0) is 24.5 Å². The average molecular weight is 432 g/mol. The lowest BCUT2D eigenvalue weighted by atomic mass is 9.89. The van der Waals surface area contributed by atoms with Gasteiger partial charge in [0.2, 0.25) is 0 Å². The largest absolute Gasteiger partial charge is 0.490 e. The highest BCUT2D eigenvalue weighted by Crippen LogP contribution is 2.31. The number of hydrogen-bond donors (Lipinski definition) is 1. The molecule has 0 aromatic carbocycles. The minimum atomic E-state index is -5.08. The zero-order chi connectivity index (χ0) is 22.4. The number of amides is 2. The molecule has 1 spiro atoms. The highest BCUT2D eigenvalue weighted by atomic mass is 19.4. The van der Waals surface area contributed by atoms with E-state index in [0.717, 1.165) is 52.2 Å². The number of likely N-dealkylation sites (tertiary alicyclic amines) is 1. The number of hydrogen-bond acceptors (Lipinski definition) is 5. The first kappa shape index (κ1) is 23.9. The van der Waals surface area contributed by atoms with Gasteiger partial charge in [-0.3, -0.25) is 9.88 Å². The number of morpholine rings is 1. The smallest absolute Gasteiger partial charge is 0.475 e. The lowest BCUT2D eigenvalue weighted by molar-refractivity contribution is -0.192. The third-order valence-electron chi connectivity index (χ3n) is 5.03. The summed E-state index contributed by atoms with van der Waals surface area (Å²) in [6, 6.07) is 4.20. The molecule has 2 aliphatic heterocycles. The second kappa shape index (κ2) is 10.1. The van der Waals surface area contributed by atoms with Gasteiger partial charge in [-0.1, -0.05) is 6.07 Å². The molecule has 2 saturated heterocycles. The van der Waals surface area contributed by atoms with E-state index in [0.29, 0.717) is 0 Å². The molecule has 11 heteroatoms. The van der Waals surface area contributed by atoms with Crippen LogP contribution in [0.1, 0.15) is 18.4 Å². The fourth-order valence-corrected chi connectivity index (χ4v) is 3.50. The van der Waals surface area contributed by atoms with E-state index in [1.165, 1.54) is 5.56 Å². The molecule has 0 atom stereocenters. The fraction of sp³-hybridized carbons (Fsp3) is 0.632. The van der Waals surface area contributed by atoms with Crippen molar-refractivity contribution in [2.24, 2.45) is 0 Å². The van der Waals surface area contributed by atoms with Crippen LogP contribution in [0.25, 0.3) is 0 Å². The SMILES string of the molecule is CN(C)C(=O)N1CCC2(CC1)CN(Cc1cccnc1)CCO2.O=C(O)C(F)(F)F. The van der Waals surface area contributed by atoms with Crippen molar-refractivity contribution in [3.05, 3.63) is 30.1 Å². The normalized spacial score (nSPS) is 19.0. The molecule has 2 fully saturated rings. The summed E-state index contributed by atoms with van der Waals surface area (Å²) in [7, 11) is 3.61. The third kappa shape index (κ3) is 6.84. The van der Waals surface area contributed by atoms with Gasteiger partial charge in [0.15, 0.2) is 0 Å². The zero-order valence-electron chi connectivity index (χ0n) is 17.1. The molecular weight excluding hydrogens is 405 g/mol. The molecule has 0 bridgehead atoms.